The molecule has 1 unspecified atom stereocenters. The highest BCUT2D eigenvalue weighted by Crippen LogP contribution is 2.49. The molecular weight excluding hydrogens is 240 g/mol. The molecule has 4 nitrogen and oxygen atoms in total. The summed E-state index contributed by atoms with van der Waals surface area (Å²) in [6, 6.07) is 7.24. The van der Waals surface area contributed by atoms with Crippen molar-refractivity contribution in [2.75, 3.05) is 5.32 Å². The number of primary sulfonamides is 1. The Morgan fingerprint density at radius 2 is 2.07 bits per heavy atom. The van der Waals surface area contributed by atoms with Crippen molar-refractivity contribution in [2.24, 2.45) is 5.14 Å². The number of benzene rings is 1. The van der Waals surface area contributed by atoms with Gasteiger partial charge in [0.25, 0.3) is 10.0 Å². The molecule has 3 N–H and O–H groups in total. The van der Waals surface area contributed by atoms with Crippen molar-refractivity contribution in [3.8, 4) is 0 Å². The van der Waals surface area contributed by atoms with Crippen LogP contribution >= 0.6 is 24.4 Å². The third kappa shape index (κ3) is 1.50. The van der Waals surface area contributed by atoms with Crippen molar-refractivity contribution >= 4 is 40.1 Å². The summed E-state index contributed by atoms with van der Waals surface area (Å²) < 4.78 is 21.0. The number of fused-ring (bicyclic) bond motifs is 1. The number of hydrogen-bond donors (Lipinski definition) is 3. The van der Waals surface area contributed by atoms with Crippen molar-refractivity contribution < 1.29 is 8.42 Å². The van der Waals surface area contributed by atoms with Crippen molar-refractivity contribution in [1.82, 2.24) is 0 Å². The van der Waals surface area contributed by atoms with E-state index in [9.17, 15) is 8.42 Å². The van der Waals surface area contributed by atoms with Gasteiger partial charge in [0.2, 0.25) is 3.54 Å². The van der Waals surface area contributed by atoms with Crippen molar-refractivity contribution in [1.29, 1.82) is 0 Å². The number of sulfonamides is 1. The molecule has 14 heavy (non-hydrogen) atoms. The van der Waals surface area contributed by atoms with Gasteiger partial charge in [-0.05, 0) is 12.1 Å². The summed E-state index contributed by atoms with van der Waals surface area (Å²) in [6.45, 7) is 0. The van der Waals surface area contributed by atoms with Gasteiger partial charge in [0, 0.05) is 4.90 Å². The average molecular weight is 248 g/mol. The zero-order valence-corrected chi connectivity index (χ0v) is 9.49. The Hall–Kier alpha value is -0.370. The van der Waals surface area contributed by atoms with Gasteiger partial charge < -0.3 is 5.32 Å². The topological polar surface area (TPSA) is 72.2 Å². The number of anilines is 1. The van der Waals surface area contributed by atoms with Crippen LogP contribution in [0.15, 0.2) is 29.2 Å². The molecule has 76 valence electrons. The molecule has 0 aromatic heterocycles. The third-order valence-corrected chi connectivity index (χ3v) is 5.74. The van der Waals surface area contributed by atoms with Crippen LogP contribution < -0.4 is 10.5 Å². The van der Waals surface area contributed by atoms with Gasteiger partial charge in [0.15, 0.2) is 0 Å². The molecule has 0 saturated carbocycles. The van der Waals surface area contributed by atoms with Crippen LogP contribution in [0, 0.1) is 0 Å². The van der Waals surface area contributed by atoms with Crippen LogP contribution in [0.3, 0.4) is 0 Å². The van der Waals surface area contributed by atoms with Crippen LogP contribution in [0.25, 0.3) is 0 Å². The van der Waals surface area contributed by atoms with Gasteiger partial charge in [-0.3, -0.25) is 0 Å². The van der Waals surface area contributed by atoms with Gasteiger partial charge in [-0.2, -0.15) is 0 Å². The molecule has 1 aliphatic heterocycles. The second-order valence-electron chi connectivity index (χ2n) is 2.85. The van der Waals surface area contributed by atoms with Gasteiger partial charge in [0.05, 0.1) is 5.69 Å². The van der Waals surface area contributed by atoms with Crippen molar-refractivity contribution in [3.05, 3.63) is 24.3 Å². The molecule has 0 saturated heterocycles. The Labute approximate surface area is 91.7 Å². The molecule has 0 spiro atoms. The lowest BCUT2D eigenvalue weighted by Crippen LogP contribution is -2.39. The monoisotopic (exact) mass is 248 g/mol. The minimum absolute atomic E-state index is 0.738. The largest absolute Gasteiger partial charge is 0.348 e. The fourth-order valence-electron chi connectivity index (χ4n) is 1.13. The minimum atomic E-state index is -3.75. The summed E-state index contributed by atoms with van der Waals surface area (Å²) in [5.41, 5.74) is 0.738. The maximum Gasteiger partial charge on any atom is 0.253 e. The highest BCUT2D eigenvalue weighted by atomic mass is 32.3. The zero-order chi connectivity index (χ0) is 10.4. The summed E-state index contributed by atoms with van der Waals surface area (Å²) >= 11 is 5.13. The number of thiol groups is 1. The van der Waals surface area contributed by atoms with E-state index >= 15 is 0 Å². The Balaban J connectivity index is 2.45. The predicted molar refractivity (Wildman–Crippen MR) is 60.7 cm³/mol. The fraction of sp³-hybridized carbons (Fsp3) is 0.143. The minimum Gasteiger partial charge on any atom is -0.348 e. The van der Waals surface area contributed by atoms with E-state index in [1.165, 1.54) is 0 Å². The first kappa shape index (κ1) is 10.2. The number of hydrogen-bond acceptors (Lipinski definition) is 5. The molecule has 0 radical (unpaired) electrons. The van der Waals surface area contributed by atoms with E-state index in [0.717, 1.165) is 22.3 Å². The first-order valence-corrected chi connectivity index (χ1v) is 6.54. The number of thioether (sulfide) groups is 1. The first-order chi connectivity index (χ1) is 6.42. The summed E-state index contributed by atoms with van der Waals surface area (Å²) in [7, 11) is -3.75. The van der Waals surface area contributed by atoms with Crippen LogP contribution in [0.2, 0.25) is 0 Å². The van der Waals surface area contributed by atoms with Gasteiger partial charge in [-0.1, -0.05) is 23.9 Å². The first-order valence-electron chi connectivity index (χ1n) is 3.73. The second kappa shape index (κ2) is 3.06. The Morgan fingerprint density at radius 1 is 1.43 bits per heavy atom. The maximum absolute atomic E-state index is 11.2. The highest BCUT2D eigenvalue weighted by molar-refractivity contribution is 8.26. The molecule has 0 aliphatic carbocycles. The molecular formula is C7H8N2O2S3. The fourth-order valence-corrected chi connectivity index (χ4v) is 3.37. The number of para-hydroxylation sites is 1. The molecule has 0 amide bonds. The smallest absolute Gasteiger partial charge is 0.253 e. The molecule has 7 heteroatoms. The normalized spacial score (nSPS) is 25.6. The molecule has 0 bridgehead atoms. The van der Waals surface area contributed by atoms with Crippen LogP contribution in [0.1, 0.15) is 0 Å². The zero-order valence-electron chi connectivity index (χ0n) is 6.97. The summed E-state index contributed by atoms with van der Waals surface area (Å²) in [5, 5.41) is 7.83. The Morgan fingerprint density at radius 3 is 2.64 bits per heavy atom. The van der Waals surface area contributed by atoms with Crippen molar-refractivity contribution in [3.63, 3.8) is 0 Å². The third-order valence-electron chi connectivity index (χ3n) is 1.81. The van der Waals surface area contributed by atoms with Crippen LogP contribution in [0.5, 0.6) is 0 Å². The van der Waals surface area contributed by atoms with Gasteiger partial charge >= 0.3 is 0 Å². The van der Waals surface area contributed by atoms with E-state index in [4.69, 9.17) is 5.14 Å². The van der Waals surface area contributed by atoms with Crippen molar-refractivity contribution in [2.45, 2.75) is 8.43 Å². The Kier molecular flexibility index (Phi) is 2.22. The van der Waals surface area contributed by atoms with E-state index in [1.807, 2.05) is 18.2 Å². The lowest BCUT2D eigenvalue weighted by molar-refractivity contribution is 0.595. The highest BCUT2D eigenvalue weighted by Gasteiger charge is 2.44. The van der Waals surface area contributed by atoms with Crippen LogP contribution in [-0.4, -0.2) is 12.0 Å². The van der Waals surface area contributed by atoms with E-state index in [-0.39, 0.29) is 0 Å². The number of nitrogens with two attached hydrogens (primary N) is 1. The SMILES string of the molecule is NS(=O)(=O)C1(S)Nc2ccccc2S1. The lowest BCUT2D eigenvalue weighted by Gasteiger charge is -2.19. The van der Waals surface area contributed by atoms with E-state index < -0.39 is 13.6 Å². The predicted octanol–water partition coefficient (Wildman–Crippen LogP) is 1.03. The van der Waals surface area contributed by atoms with Gasteiger partial charge in [-0.25, -0.2) is 13.6 Å². The summed E-state index contributed by atoms with van der Waals surface area (Å²) in [4.78, 5) is 0.830. The molecule has 0 fully saturated rings. The quantitative estimate of drug-likeness (QED) is 0.649. The van der Waals surface area contributed by atoms with E-state index in [2.05, 4.69) is 17.9 Å². The van der Waals surface area contributed by atoms with Gasteiger partial charge in [0.1, 0.15) is 0 Å². The summed E-state index contributed by atoms with van der Waals surface area (Å²) in [5.74, 6) is 0. The summed E-state index contributed by atoms with van der Waals surface area (Å²) in [6.07, 6.45) is 0. The molecule has 2 rings (SSSR count). The maximum atomic E-state index is 11.2. The number of nitrogens with one attached hydrogen (secondary N) is 1. The number of rotatable bonds is 1. The molecule has 1 atom stereocenters. The van der Waals surface area contributed by atoms with Crippen LogP contribution in [-0.2, 0) is 10.0 Å². The standard InChI is InChI=1S/C7H8N2O2S3/c8-14(10,11)7(12)9-5-3-1-2-4-6(5)13-7/h1-4,9,12H,(H2,8,10,11). The molecule has 1 aromatic rings. The van der Waals surface area contributed by atoms with Crippen LogP contribution in [0.4, 0.5) is 5.69 Å². The molecule has 1 heterocycles. The molecule has 1 aliphatic rings. The van der Waals surface area contributed by atoms with E-state index in [0.29, 0.717) is 0 Å². The second-order valence-corrected chi connectivity index (χ2v) is 7.34. The Bertz CT molecular complexity index is 447. The lowest BCUT2D eigenvalue weighted by atomic mass is 10.3. The van der Waals surface area contributed by atoms with E-state index in [1.54, 1.807) is 6.07 Å². The van der Waals surface area contributed by atoms with Gasteiger partial charge in [-0.15, -0.1) is 12.6 Å². The average Bonchev–Trinajstić information content (AvgIpc) is 2.40. The molecule has 1 aromatic carbocycles.